The molecule has 0 bridgehead atoms. The zero-order chi connectivity index (χ0) is 13.1. The number of sulfonamides is 1. The van der Waals surface area contributed by atoms with E-state index in [1.807, 2.05) is 6.92 Å². The summed E-state index contributed by atoms with van der Waals surface area (Å²) in [5, 5.41) is 9.70. The molecule has 0 amide bonds. The summed E-state index contributed by atoms with van der Waals surface area (Å²) >= 11 is 0. The minimum Gasteiger partial charge on any atom is -0.508 e. The normalized spacial score (nSPS) is 13.9. The van der Waals surface area contributed by atoms with Crippen molar-refractivity contribution in [3.8, 4) is 5.75 Å². The van der Waals surface area contributed by atoms with Crippen LogP contribution in [-0.4, -0.2) is 30.6 Å². The van der Waals surface area contributed by atoms with E-state index >= 15 is 0 Å². The number of phenolic OH excluding ortho intramolecular Hbond substituents is 1. The Morgan fingerprint density at radius 1 is 1.35 bits per heavy atom. The third kappa shape index (κ3) is 3.20. The van der Waals surface area contributed by atoms with Gasteiger partial charge in [-0.2, -0.15) is 4.31 Å². The zero-order valence-corrected chi connectivity index (χ0v) is 11.2. The van der Waals surface area contributed by atoms with E-state index in [9.17, 15) is 13.5 Å². The highest BCUT2D eigenvalue weighted by Crippen LogP contribution is 2.28. The number of hydrogen-bond donors (Lipinski definition) is 1. The van der Waals surface area contributed by atoms with Crippen molar-refractivity contribution in [2.45, 2.75) is 26.3 Å². The van der Waals surface area contributed by atoms with Gasteiger partial charge in [0.25, 0.3) is 0 Å². The molecule has 17 heavy (non-hydrogen) atoms. The largest absolute Gasteiger partial charge is 0.508 e. The molecule has 0 saturated carbocycles. The Labute approximate surface area is 103 Å². The van der Waals surface area contributed by atoms with Crippen molar-refractivity contribution in [3.05, 3.63) is 29.8 Å². The Balaban J connectivity index is 2.99. The van der Waals surface area contributed by atoms with Gasteiger partial charge in [0, 0.05) is 12.6 Å². The molecule has 1 atom stereocenters. The molecule has 96 valence electrons. The van der Waals surface area contributed by atoms with Crippen LogP contribution in [0.3, 0.4) is 0 Å². The molecular formula is C12H19NO3S. The molecule has 4 nitrogen and oxygen atoms in total. The fraction of sp³-hybridized carbons (Fsp3) is 0.500. The van der Waals surface area contributed by atoms with Crippen molar-refractivity contribution >= 4 is 10.0 Å². The zero-order valence-electron chi connectivity index (χ0n) is 10.4. The number of phenols is 1. The van der Waals surface area contributed by atoms with Gasteiger partial charge in [0.1, 0.15) is 5.75 Å². The fourth-order valence-corrected chi connectivity index (χ4v) is 3.08. The molecule has 0 aromatic heterocycles. The van der Waals surface area contributed by atoms with Crippen LogP contribution in [0.4, 0.5) is 0 Å². The van der Waals surface area contributed by atoms with Crippen LogP contribution in [0.5, 0.6) is 5.75 Å². The molecule has 1 rings (SSSR count). The Morgan fingerprint density at radius 2 is 1.94 bits per heavy atom. The summed E-state index contributed by atoms with van der Waals surface area (Å²) in [6.45, 7) is 3.60. The lowest BCUT2D eigenvalue weighted by atomic mass is 10.1. The van der Waals surface area contributed by atoms with E-state index in [0.717, 1.165) is 0 Å². The summed E-state index contributed by atoms with van der Waals surface area (Å²) in [6, 6.07) is 6.43. The van der Waals surface area contributed by atoms with Gasteiger partial charge in [-0.1, -0.05) is 25.1 Å². The third-order valence-corrected chi connectivity index (χ3v) is 4.95. The standard InChI is InChI=1S/C12H19NO3S/c1-4-9-17(15,16)13(3)10(2)11-7-5-6-8-12(11)14/h5-8,10,14H,4,9H2,1-3H3/t10-/m0/s1. The number of nitrogens with zero attached hydrogens (tertiary/aromatic N) is 1. The summed E-state index contributed by atoms with van der Waals surface area (Å²) in [7, 11) is -1.71. The van der Waals surface area contributed by atoms with E-state index in [0.29, 0.717) is 12.0 Å². The van der Waals surface area contributed by atoms with Gasteiger partial charge in [0.15, 0.2) is 0 Å². The number of benzene rings is 1. The van der Waals surface area contributed by atoms with Gasteiger partial charge >= 0.3 is 0 Å². The molecule has 0 aliphatic carbocycles. The third-order valence-electron chi connectivity index (χ3n) is 2.83. The summed E-state index contributed by atoms with van der Waals surface area (Å²) in [4.78, 5) is 0. The molecular weight excluding hydrogens is 238 g/mol. The average Bonchev–Trinajstić information content (AvgIpc) is 2.27. The number of aromatic hydroxyl groups is 1. The molecule has 0 spiro atoms. The van der Waals surface area contributed by atoms with E-state index in [1.54, 1.807) is 38.2 Å². The summed E-state index contributed by atoms with van der Waals surface area (Å²) < 4.78 is 25.1. The lowest BCUT2D eigenvalue weighted by Gasteiger charge is -2.25. The molecule has 0 saturated heterocycles. The van der Waals surface area contributed by atoms with Crippen LogP contribution in [0.2, 0.25) is 0 Å². The van der Waals surface area contributed by atoms with Crippen molar-refractivity contribution in [2.24, 2.45) is 0 Å². The highest BCUT2D eigenvalue weighted by atomic mass is 32.2. The van der Waals surface area contributed by atoms with E-state index in [-0.39, 0.29) is 17.5 Å². The SMILES string of the molecule is CCCS(=O)(=O)N(C)[C@@H](C)c1ccccc1O. The first-order chi connectivity index (χ1) is 7.90. The number of rotatable bonds is 5. The first kappa shape index (κ1) is 14.0. The maximum Gasteiger partial charge on any atom is 0.214 e. The quantitative estimate of drug-likeness (QED) is 0.879. The molecule has 1 N–H and O–H groups in total. The molecule has 1 aromatic rings. The topological polar surface area (TPSA) is 57.6 Å². The first-order valence-electron chi connectivity index (χ1n) is 5.63. The number of hydrogen-bond acceptors (Lipinski definition) is 3. The lowest BCUT2D eigenvalue weighted by molar-refractivity contribution is 0.381. The smallest absolute Gasteiger partial charge is 0.214 e. The van der Waals surface area contributed by atoms with E-state index in [2.05, 4.69) is 0 Å². The predicted molar refractivity (Wildman–Crippen MR) is 68.4 cm³/mol. The molecule has 0 aliphatic heterocycles. The number of para-hydroxylation sites is 1. The fourth-order valence-electron chi connectivity index (χ4n) is 1.68. The van der Waals surface area contributed by atoms with Gasteiger partial charge in [0.05, 0.1) is 11.8 Å². The average molecular weight is 257 g/mol. The van der Waals surface area contributed by atoms with Crippen LogP contribution in [-0.2, 0) is 10.0 Å². The summed E-state index contributed by atoms with van der Waals surface area (Å²) in [5.74, 6) is 0.250. The molecule has 1 aromatic carbocycles. The highest BCUT2D eigenvalue weighted by molar-refractivity contribution is 7.89. The second-order valence-electron chi connectivity index (χ2n) is 4.07. The predicted octanol–water partition coefficient (Wildman–Crippen LogP) is 2.12. The van der Waals surface area contributed by atoms with Crippen molar-refractivity contribution in [2.75, 3.05) is 12.8 Å². The van der Waals surface area contributed by atoms with Crippen LogP contribution in [0, 0.1) is 0 Å². The molecule has 0 fully saturated rings. The second kappa shape index (κ2) is 5.51. The lowest BCUT2D eigenvalue weighted by Crippen LogP contribution is -2.31. The maximum absolute atomic E-state index is 11.9. The summed E-state index contributed by atoms with van der Waals surface area (Å²) in [6.07, 6.45) is 0.583. The van der Waals surface area contributed by atoms with Crippen molar-refractivity contribution in [1.29, 1.82) is 0 Å². The van der Waals surface area contributed by atoms with Crippen molar-refractivity contribution in [1.82, 2.24) is 4.31 Å². The van der Waals surface area contributed by atoms with Gasteiger partial charge < -0.3 is 5.11 Å². The van der Waals surface area contributed by atoms with E-state index in [4.69, 9.17) is 0 Å². The van der Waals surface area contributed by atoms with Crippen LogP contribution in [0.25, 0.3) is 0 Å². The molecule has 0 aliphatic rings. The Bertz CT molecular complexity index is 470. The molecule has 0 heterocycles. The van der Waals surface area contributed by atoms with Gasteiger partial charge in [-0.15, -0.1) is 0 Å². The molecule has 5 heteroatoms. The molecule has 0 radical (unpaired) electrons. The second-order valence-corrected chi connectivity index (χ2v) is 6.22. The Hall–Kier alpha value is -1.07. The van der Waals surface area contributed by atoms with Gasteiger partial charge in [-0.25, -0.2) is 8.42 Å². The minimum absolute atomic E-state index is 0.124. The van der Waals surface area contributed by atoms with Crippen LogP contribution in [0.15, 0.2) is 24.3 Å². The Morgan fingerprint density at radius 3 is 2.47 bits per heavy atom. The maximum atomic E-state index is 11.9. The highest BCUT2D eigenvalue weighted by Gasteiger charge is 2.24. The van der Waals surface area contributed by atoms with Gasteiger partial charge in [-0.05, 0) is 19.4 Å². The van der Waals surface area contributed by atoms with Gasteiger partial charge in [-0.3, -0.25) is 0 Å². The van der Waals surface area contributed by atoms with Crippen molar-refractivity contribution in [3.63, 3.8) is 0 Å². The van der Waals surface area contributed by atoms with Gasteiger partial charge in [0.2, 0.25) is 10.0 Å². The summed E-state index contributed by atoms with van der Waals surface area (Å²) in [5.41, 5.74) is 0.620. The first-order valence-corrected chi connectivity index (χ1v) is 7.24. The Kier molecular flexibility index (Phi) is 4.54. The van der Waals surface area contributed by atoms with E-state index < -0.39 is 10.0 Å². The van der Waals surface area contributed by atoms with Crippen LogP contribution >= 0.6 is 0 Å². The van der Waals surface area contributed by atoms with E-state index in [1.165, 1.54) is 4.31 Å². The van der Waals surface area contributed by atoms with Crippen molar-refractivity contribution < 1.29 is 13.5 Å². The minimum atomic E-state index is -3.25. The molecule has 0 unspecified atom stereocenters. The van der Waals surface area contributed by atoms with Crippen LogP contribution < -0.4 is 0 Å². The van der Waals surface area contributed by atoms with Crippen LogP contribution in [0.1, 0.15) is 31.9 Å². The monoisotopic (exact) mass is 257 g/mol.